The van der Waals surface area contributed by atoms with Crippen molar-refractivity contribution in [2.75, 3.05) is 25.0 Å². The maximum atomic E-state index is 4.20. The van der Waals surface area contributed by atoms with Crippen LogP contribution in [0.2, 0.25) is 0 Å². The van der Waals surface area contributed by atoms with Crippen molar-refractivity contribution in [3.8, 4) is 0 Å². The van der Waals surface area contributed by atoms with Gasteiger partial charge in [-0.15, -0.1) is 0 Å². The molecule has 18 heavy (non-hydrogen) atoms. The predicted octanol–water partition coefficient (Wildman–Crippen LogP) is 2.92. The summed E-state index contributed by atoms with van der Waals surface area (Å²) >= 11 is 0. The van der Waals surface area contributed by atoms with Gasteiger partial charge in [-0.25, -0.2) is 0 Å². The Morgan fingerprint density at radius 1 is 1.44 bits per heavy atom. The summed E-state index contributed by atoms with van der Waals surface area (Å²) in [5.74, 6) is 0.785. The molecule has 0 amide bonds. The van der Waals surface area contributed by atoms with Crippen molar-refractivity contribution in [3.63, 3.8) is 0 Å². The van der Waals surface area contributed by atoms with Gasteiger partial charge in [0.05, 0.1) is 11.9 Å². The zero-order valence-electron chi connectivity index (χ0n) is 11.8. The van der Waals surface area contributed by atoms with Crippen molar-refractivity contribution >= 4 is 5.69 Å². The first kappa shape index (κ1) is 13.3. The van der Waals surface area contributed by atoms with E-state index < -0.39 is 0 Å². The Morgan fingerprint density at radius 2 is 2.17 bits per heavy atom. The number of nitrogens with one attached hydrogen (secondary N) is 1. The molecular formula is C15H25N3. The number of hydrogen-bond donors (Lipinski definition) is 1. The smallest absolute Gasteiger partial charge is 0.0558 e. The minimum atomic E-state index is 0.534. The highest BCUT2D eigenvalue weighted by Gasteiger charge is 2.23. The van der Waals surface area contributed by atoms with Gasteiger partial charge in [0.15, 0.2) is 0 Å². The molecule has 1 aromatic heterocycles. The van der Waals surface area contributed by atoms with Crippen LogP contribution in [-0.2, 0) is 0 Å². The van der Waals surface area contributed by atoms with E-state index >= 15 is 0 Å². The topological polar surface area (TPSA) is 28.2 Å². The van der Waals surface area contributed by atoms with E-state index in [1.165, 1.54) is 43.7 Å². The van der Waals surface area contributed by atoms with Gasteiger partial charge in [0.1, 0.15) is 0 Å². The summed E-state index contributed by atoms with van der Waals surface area (Å²) in [6.45, 7) is 10.4. The summed E-state index contributed by atoms with van der Waals surface area (Å²) in [6, 6.07) is 2.60. The molecule has 1 fully saturated rings. The Kier molecular flexibility index (Phi) is 4.59. The lowest BCUT2D eigenvalue weighted by molar-refractivity contribution is 0.183. The molecular weight excluding hydrogens is 222 g/mol. The maximum Gasteiger partial charge on any atom is 0.0558 e. The van der Waals surface area contributed by atoms with Gasteiger partial charge >= 0.3 is 0 Å². The number of piperidine rings is 1. The molecule has 1 aliphatic rings. The normalized spacial score (nSPS) is 19.7. The highest BCUT2D eigenvalue weighted by Crippen LogP contribution is 2.23. The first-order chi connectivity index (χ1) is 8.70. The molecule has 1 aromatic rings. The van der Waals surface area contributed by atoms with Crippen LogP contribution < -0.4 is 5.32 Å². The fraction of sp³-hybridized carbons (Fsp3) is 0.667. The number of nitrogens with zero attached hydrogens (tertiary/aromatic N) is 2. The zero-order valence-corrected chi connectivity index (χ0v) is 11.8. The number of pyridine rings is 1. The van der Waals surface area contributed by atoms with Crippen LogP contribution in [0.3, 0.4) is 0 Å². The van der Waals surface area contributed by atoms with E-state index in [1.54, 1.807) is 0 Å². The Balaban J connectivity index is 1.89. The Bertz CT molecular complexity index is 370. The van der Waals surface area contributed by atoms with Crippen molar-refractivity contribution in [2.24, 2.45) is 5.92 Å². The molecule has 1 unspecified atom stereocenters. The summed E-state index contributed by atoms with van der Waals surface area (Å²) in [5.41, 5.74) is 2.46. The average Bonchev–Trinajstić information content (AvgIpc) is 2.41. The molecule has 1 N–H and O–H groups in total. The SMILES string of the molecule is CCN1CCC(C(C)Nc2cnccc2C)CC1. The van der Waals surface area contributed by atoms with Gasteiger partial charge in [-0.1, -0.05) is 6.92 Å². The highest BCUT2D eigenvalue weighted by atomic mass is 15.1. The van der Waals surface area contributed by atoms with Crippen LogP contribution in [0.25, 0.3) is 0 Å². The Hall–Kier alpha value is -1.09. The van der Waals surface area contributed by atoms with Crippen molar-refractivity contribution in [3.05, 3.63) is 24.0 Å². The molecule has 3 nitrogen and oxygen atoms in total. The minimum absolute atomic E-state index is 0.534. The van der Waals surface area contributed by atoms with Crippen molar-refractivity contribution in [1.29, 1.82) is 0 Å². The van der Waals surface area contributed by atoms with Gasteiger partial charge < -0.3 is 10.2 Å². The lowest BCUT2D eigenvalue weighted by Gasteiger charge is -2.35. The molecule has 3 heteroatoms. The summed E-state index contributed by atoms with van der Waals surface area (Å²) in [5, 5.41) is 3.63. The molecule has 0 aromatic carbocycles. The lowest BCUT2D eigenvalue weighted by Crippen LogP contribution is -2.39. The van der Waals surface area contributed by atoms with Gasteiger partial charge in [-0.05, 0) is 63.9 Å². The second-order valence-electron chi connectivity index (χ2n) is 5.40. The first-order valence-electron chi connectivity index (χ1n) is 7.10. The summed E-state index contributed by atoms with van der Waals surface area (Å²) < 4.78 is 0. The summed E-state index contributed by atoms with van der Waals surface area (Å²) in [6.07, 6.45) is 6.40. The van der Waals surface area contributed by atoms with Gasteiger partial charge in [-0.2, -0.15) is 0 Å². The van der Waals surface area contributed by atoms with E-state index in [0.29, 0.717) is 6.04 Å². The second-order valence-corrected chi connectivity index (χ2v) is 5.40. The van der Waals surface area contributed by atoms with E-state index in [1.807, 2.05) is 12.4 Å². The fourth-order valence-electron chi connectivity index (χ4n) is 2.75. The Morgan fingerprint density at radius 3 is 2.78 bits per heavy atom. The van der Waals surface area contributed by atoms with E-state index in [2.05, 4.69) is 42.0 Å². The van der Waals surface area contributed by atoms with E-state index in [-0.39, 0.29) is 0 Å². The van der Waals surface area contributed by atoms with Crippen molar-refractivity contribution in [1.82, 2.24) is 9.88 Å². The number of hydrogen-bond acceptors (Lipinski definition) is 3. The van der Waals surface area contributed by atoms with E-state index in [0.717, 1.165) is 5.92 Å². The van der Waals surface area contributed by atoms with Gasteiger partial charge in [0.25, 0.3) is 0 Å². The largest absolute Gasteiger partial charge is 0.381 e. The van der Waals surface area contributed by atoms with E-state index in [4.69, 9.17) is 0 Å². The van der Waals surface area contributed by atoms with Crippen LogP contribution in [-0.4, -0.2) is 35.6 Å². The standard InChI is InChI=1S/C15H25N3/c1-4-18-9-6-14(7-10-18)13(3)17-15-11-16-8-5-12(15)2/h5,8,11,13-14,17H,4,6-7,9-10H2,1-3H3. The predicted molar refractivity (Wildman–Crippen MR) is 76.9 cm³/mol. The van der Waals surface area contributed by atoms with Crippen LogP contribution in [0, 0.1) is 12.8 Å². The highest BCUT2D eigenvalue weighted by molar-refractivity contribution is 5.48. The van der Waals surface area contributed by atoms with Crippen molar-refractivity contribution in [2.45, 2.75) is 39.7 Å². The number of likely N-dealkylation sites (tertiary alicyclic amines) is 1. The van der Waals surface area contributed by atoms with Crippen molar-refractivity contribution < 1.29 is 0 Å². The second kappa shape index (κ2) is 6.19. The Labute approximate surface area is 111 Å². The van der Waals surface area contributed by atoms with E-state index in [9.17, 15) is 0 Å². The number of aromatic nitrogens is 1. The molecule has 2 rings (SSSR count). The quantitative estimate of drug-likeness (QED) is 0.886. The maximum absolute atomic E-state index is 4.20. The molecule has 100 valence electrons. The van der Waals surface area contributed by atoms with Crippen LogP contribution in [0.15, 0.2) is 18.5 Å². The molecule has 0 radical (unpaired) electrons. The first-order valence-corrected chi connectivity index (χ1v) is 7.10. The third-order valence-electron chi connectivity index (χ3n) is 4.21. The third-order valence-corrected chi connectivity index (χ3v) is 4.21. The molecule has 0 spiro atoms. The minimum Gasteiger partial charge on any atom is -0.381 e. The van der Waals surface area contributed by atoms with Crippen LogP contribution in [0.1, 0.15) is 32.3 Å². The van der Waals surface area contributed by atoms with Gasteiger partial charge in [0, 0.05) is 12.2 Å². The molecule has 0 bridgehead atoms. The lowest BCUT2D eigenvalue weighted by atomic mass is 9.90. The van der Waals surface area contributed by atoms with Gasteiger partial charge in [-0.3, -0.25) is 4.98 Å². The van der Waals surface area contributed by atoms with Crippen LogP contribution in [0.4, 0.5) is 5.69 Å². The molecule has 2 heterocycles. The molecule has 1 atom stereocenters. The average molecular weight is 247 g/mol. The molecule has 0 aliphatic carbocycles. The monoisotopic (exact) mass is 247 g/mol. The van der Waals surface area contributed by atoms with Gasteiger partial charge in [0.2, 0.25) is 0 Å². The molecule has 0 saturated carbocycles. The molecule has 1 aliphatic heterocycles. The van der Waals surface area contributed by atoms with Crippen LogP contribution >= 0.6 is 0 Å². The molecule has 1 saturated heterocycles. The third kappa shape index (κ3) is 3.22. The summed E-state index contributed by atoms with van der Waals surface area (Å²) in [7, 11) is 0. The fourth-order valence-corrected chi connectivity index (χ4v) is 2.75. The number of aryl methyl sites for hydroxylation is 1. The van der Waals surface area contributed by atoms with Crippen LogP contribution in [0.5, 0.6) is 0 Å². The zero-order chi connectivity index (χ0) is 13.0. The number of rotatable bonds is 4. The summed E-state index contributed by atoms with van der Waals surface area (Å²) in [4.78, 5) is 6.74. The number of anilines is 1.